The number of methoxy groups -OCH3 is 1. The van der Waals surface area contributed by atoms with Crippen LogP contribution in [0.3, 0.4) is 0 Å². The second kappa shape index (κ2) is 11.4. The molecule has 1 N–H and O–H groups in total. The van der Waals surface area contributed by atoms with E-state index >= 15 is 4.39 Å². The second-order valence-electron chi connectivity index (χ2n) is 10.7. The topological polar surface area (TPSA) is 76.5 Å². The predicted molar refractivity (Wildman–Crippen MR) is 150 cm³/mol. The third-order valence-corrected chi connectivity index (χ3v) is 7.92. The van der Waals surface area contributed by atoms with Crippen LogP contribution in [0.1, 0.15) is 63.1 Å². The Bertz CT molecular complexity index is 1370. The van der Waals surface area contributed by atoms with Crippen molar-refractivity contribution in [2.24, 2.45) is 0 Å². The van der Waals surface area contributed by atoms with Crippen LogP contribution >= 0.6 is 11.8 Å². The summed E-state index contributed by atoms with van der Waals surface area (Å²) >= 11 is 1.24. The summed E-state index contributed by atoms with van der Waals surface area (Å²) < 4.78 is 36.1. The lowest BCUT2D eigenvalue weighted by atomic mass is 9.87. The third kappa shape index (κ3) is 5.95. The van der Waals surface area contributed by atoms with Crippen LogP contribution in [0.4, 0.5) is 14.6 Å². The number of anilines is 1. The number of benzene rings is 2. The number of carbonyl (C=O) groups excluding carboxylic acids is 2. The molecule has 10 heteroatoms. The molecule has 2 aromatic carbocycles. The molecule has 3 aromatic rings. The highest BCUT2D eigenvalue weighted by Gasteiger charge is 2.40. The van der Waals surface area contributed by atoms with Crippen molar-refractivity contribution in [2.75, 3.05) is 24.3 Å². The summed E-state index contributed by atoms with van der Waals surface area (Å²) in [6.45, 7) is 9.61. The minimum atomic E-state index is -0.703. The fourth-order valence-corrected chi connectivity index (χ4v) is 5.72. The molecule has 0 saturated heterocycles. The summed E-state index contributed by atoms with van der Waals surface area (Å²) in [5.74, 6) is -0.950. The molecule has 208 valence electrons. The summed E-state index contributed by atoms with van der Waals surface area (Å²) in [5, 5.41) is 7.23. The number of ether oxygens (including phenoxy) is 1. The van der Waals surface area contributed by atoms with Gasteiger partial charge in [-0.2, -0.15) is 5.10 Å². The molecule has 7 nitrogen and oxygen atoms in total. The van der Waals surface area contributed by atoms with Crippen molar-refractivity contribution in [1.82, 2.24) is 15.1 Å². The zero-order chi connectivity index (χ0) is 28.5. The number of aromatic nitrogens is 2. The van der Waals surface area contributed by atoms with E-state index < -0.39 is 22.3 Å². The maximum atomic E-state index is 15.2. The summed E-state index contributed by atoms with van der Waals surface area (Å²) in [4.78, 5) is 28.1. The lowest BCUT2D eigenvalue weighted by molar-refractivity contribution is -0.123. The number of hydrogen-bond donors (Lipinski definition) is 1. The highest BCUT2D eigenvalue weighted by molar-refractivity contribution is 8.00. The maximum absolute atomic E-state index is 15.2. The minimum absolute atomic E-state index is 0.00102. The molecule has 4 rings (SSSR count). The molecule has 2 amide bonds. The van der Waals surface area contributed by atoms with Gasteiger partial charge in [-0.05, 0) is 43.7 Å². The van der Waals surface area contributed by atoms with Gasteiger partial charge >= 0.3 is 0 Å². The van der Waals surface area contributed by atoms with E-state index in [1.807, 2.05) is 46.8 Å². The molecule has 1 aromatic heterocycles. The molecule has 0 saturated carbocycles. The molecule has 2 atom stereocenters. The first-order valence-corrected chi connectivity index (χ1v) is 13.9. The van der Waals surface area contributed by atoms with Crippen molar-refractivity contribution in [3.05, 3.63) is 70.9 Å². The van der Waals surface area contributed by atoms with Crippen molar-refractivity contribution >= 4 is 29.4 Å². The lowest BCUT2D eigenvalue weighted by Crippen LogP contribution is -2.44. The van der Waals surface area contributed by atoms with E-state index in [1.54, 1.807) is 23.9 Å². The van der Waals surface area contributed by atoms with E-state index in [1.165, 1.54) is 28.8 Å². The Morgan fingerprint density at radius 2 is 1.90 bits per heavy atom. The van der Waals surface area contributed by atoms with Gasteiger partial charge in [0.25, 0.3) is 0 Å². The van der Waals surface area contributed by atoms with Crippen molar-refractivity contribution in [3.8, 4) is 11.4 Å². The molecule has 0 radical (unpaired) electrons. The summed E-state index contributed by atoms with van der Waals surface area (Å²) in [5.41, 5.74) is 1.66. The molecular weight excluding hydrogens is 522 g/mol. The molecule has 0 fully saturated rings. The van der Waals surface area contributed by atoms with Crippen LogP contribution in [0.5, 0.6) is 5.75 Å². The van der Waals surface area contributed by atoms with Gasteiger partial charge in [-0.25, -0.2) is 13.5 Å². The fourth-order valence-electron chi connectivity index (χ4n) is 4.50. The molecule has 1 aliphatic heterocycles. The number of rotatable bonds is 7. The van der Waals surface area contributed by atoms with Gasteiger partial charge < -0.3 is 10.1 Å². The first kappa shape index (κ1) is 28.6. The molecular formula is C29H34F2N4O3S. The zero-order valence-corrected chi connectivity index (χ0v) is 23.9. The van der Waals surface area contributed by atoms with E-state index in [9.17, 15) is 14.0 Å². The van der Waals surface area contributed by atoms with Crippen LogP contribution < -0.4 is 15.0 Å². The average molecular weight is 557 g/mol. The van der Waals surface area contributed by atoms with E-state index in [-0.39, 0.29) is 35.7 Å². The Labute approximate surface area is 231 Å². The van der Waals surface area contributed by atoms with Crippen LogP contribution in [0.25, 0.3) is 5.69 Å². The van der Waals surface area contributed by atoms with Crippen LogP contribution in [0.15, 0.2) is 42.5 Å². The van der Waals surface area contributed by atoms with Crippen molar-refractivity contribution in [3.63, 3.8) is 0 Å². The lowest BCUT2D eigenvalue weighted by Gasteiger charge is -2.25. The Hall–Kier alpha value is -3.40. The number of halogens is 2. The number of thioether (sulfide) groups is 1. The summed E-state index contributed by atoms with van der Waals surface area (Å²) in [6, 6.07) is 10.6. The fraction of sp³-hybridized carbons (Fsp3) is 0.414. The molecule has 0 bridgehead atoms. The average Bonchev–Trinajstić information content (AvgIpc) is 3.23. The Balaban J connectivity index is 1.99. The largest absolute Gasteiger partial charge is 0.497 e. The molecule has 0 spiro atoms. The van der Waals surface area contributed by atoms with Gasteiger partial charge in [-0.1, -0.05) is 33.8 Å². The van der Waals surface area contributed by atoms with E-state index in [2.05, 4.69) is 5.32 Å². The second-order valence-corrected chi connectivity index (χ2v) is 11.8. The van der Waals surface area contributed by atoms with Crippen LogP contribution in [-0.4, -0.2) is 47.0 Å². The highest BCUT2D eigenvalue weighted by Crippen LogP contribution is 2.49. The van der Waals surface area contributed by atoms with E-state index in [0.29, 0.717) is 28.5 Å². The SMILES string of the molecule is CCC(C)NC(=O)CN1C(=O)CSC(c2ccc(F)cc2F)c2c(C(C)(C)C)nn(-c3ccc(OC)cc3)c21. The minimum Gasteiger partial charge on any atom is -0.497 e. The monoisotopic (exact) mass is 556 g/mol. The van der Waals surface area contributed by atoms with Gasteiger partial charge in [0.05, 0.1) is 29.5 Å². The van der Waals surface area contributed by atoms with Crippen LogP contribution in [-0.2, 0) is 15.0 Å². The van der Waals surface area contributed by atoms with Gasteiger partial charge in [0.15, 0.2) is 0 Å². The zero-order valence-electron chi connectivity index (χ0n) is 23.0. The number of fused-ring (bicyclic) bond motifs is 1. The summed E-state index contributed by atoms with van der Waals surface area (Å²) in [6.07, 6.45) is 0.741. The molecule has 0 aliphatic carbocycles. The number of carbonyl (C=O) groups is 2. The molecule has 2 unspecified atom stereocenters. The maximum Gasteiger partial charge on any atom is 0.240 e. The summed E-state index contributed by atoms with van der Waals surface area (Å²) in [7, 11) is 1.57. The Morgan fingerprint density at radius 1 is 1.21 bits per heavy atom. The molecule has 1 aliphatic rings. The van der Waals surface area contributed by atoms with Crippen molar-refractivity contribution < 1.29 is 23.1 Å². The van der Waals surface area contributed by atoms with Crippen molar-refractivity contribution in [2.45, 2.75) is 57.7 Å². The highest BCUT2D eigenvalue weighted by atomic mass is 32.2. The van der Waals surface area contributed by atoms with Crippen LogP contribution in [0, 0.1) is 11.6 Å². The normalized spacial score (nSPS) is 16.5. The molecule has 2 heterocycles. The first-order chi connectivity index (χ1) is 18.4. The van der Waals surface area contributed by atoms with Gasteiger partial charge in [0.2, 0.25) is 11.8 Å². The first-order valence-electron chi connectivity index (χ1n) is 12.9. The van der Waals surface area contributed by atoms with Crippen molar-refractivity contribution in [1.29, 1.82) is 0 Å². The van der Waals surface area contributed by atoms with Gasteiger partial charge in [0.1, 0.15) is 29.7 Å². The Morgan fingerprint density at radius 3 is 2.49 bits per heavy atom. The quantitative estimate of drug-likeness (QED) is 0.414. The smallest absolute Gasteiger partial charge is 0.240 e. The number of nitrogens with zero attached hydrogens (tertiary/aromatic N) is 3. The standard InChI is InChI=1S/C29H34F2N4O3S/c1-7-17(2)32-23(36)15-34-24(37)16-39-26(21-13-8-18(30)14-22(21)31)25-27(29(3,4)5)33-35(28(25)34)19-9-11-20(38-6)12-10-19/h8-14,17,26H,7,15-16H2,1-6H3,(H,32,36). The van der Waals surface area contributed by atoms with E-state index in [0.717, 1.165) is 12.5 Å². The van der Waals surface area contributed by atoms with Gasteiger partial charge in [-0.15, -0.1) is 11.8 Å². The van der Waals surface area contributed by atoms with Gasteiger partial charge in [0, 0.05) is 28.7 Å². The number of hydrogen-bond acceptors (Lipinski definition) is 5. The number of amides is 2. The third-order valence-electron chi connectivity index (χ3n) is 6.68. The molecule has 39 heavy (non-hydrogen) atoms. The number of nitrogens with one attached hydrogen (secondary N) is 1. The van der Waals surface area contributed by atoms with Gasteiger partial charge in [-0.3, -0.25) is 14.5 Å². The Kier molecular flexibility index (Phi) is 8.34. The predicted octanol–water partition coefficient (Wildman–Crippen LogP) is 5.54. The van der Waals surface area contributed by atoms with E-state index in [4.69, 9.17) is 9.84 Å². The van der Waals surface area contributed by atoms with Crippen LogP contribution in [0.2, 0.25) is 0 Å².